The molecule has 0 aliphatic rings. The summed E-state index contributed by atoms with van der Waals surface area (Å²) in [4.78, 5) is 23.9. The summed E-state index contributed by atoms with van der Waals surface area (Å²) < 4.78 is 4.87. The summed E-state index contributed by atoms with van der Waals surface area (Å²) in [6.07, 6.45) is 0. The molecule has 0 aromatic carbocycles. The van der Waals surface area contributed by atoms with Gasteiger partial charge in [-0.25, -0.2) is 9.78 Å². The van der Waals surface area contributed by atoms with E-state index in [-0.39, 0.29) is 23.9 Å². The van der Waals surface area contributed by atoms with Crippen LogP contribution >= 0.6 is 0 Å². The van der Waals surface area contributed by atoms with Crippen molar-refractivity contribution in [3.63, 3.8) is 0 Å². The Kier molecular flexibility index (Phi) is 3.17. The van der Waals surface area contributed by atoms with Gasteiger partial charge in [-0.05, 0) is 13.0 Å². The van der Waals surface area contributed by atoms with Crippen molar-refractivity contribution in [1.82, 2.24) is 4.98 Å². The van der Waals surface area contributed by atoms with Gasteiger partial charge in [-0.15, -0.1) is 0 Å². The van der Waals surface area contributed by atoms with Crippen LogP contribution in [0.2, 0.25) is 0 Å². The van der Waals surface area contributed by atoms with Crippen molar-refractivity contribution in [1.29, 1.82) is 0 Å². The van der Waals surface area contributed by atoms with Gasteiger partial charge in [0.15, 0.2) is 5.69 Å². The van der Waals surface area contributed by atoms with Crippen LogP contribution in [0.3, 0.4) is 0 Å². The van der Waals surface area contributed by atoms with Crippen LogP contribution in [0.4, 0.5) is 5.69 Å². The van der Waals surface area contributed by atoms with E-state index >= 15 is 0 Å². The number of carboxylic acids is 1. The first-order valence-corrected chi connectivity index (χ1v) is 4.07. The SMILES string of the molecule is CCOc1nc(C(=O)O)ccc1[N+](=O)[O-]. The number of rotatable bonds is 4. The molecule has 0 unspecified atom stereocenters. The van der Waals surface area contributed by atoms with Crippen LogP contribution in [0.25, 0.3) is 0 Å². The Morgan fingerprint density at radius 1 is 1.67 bits per heavy atom. The lowest BCUT2D eigenvalue weighted by Gasteiger charge is -2.03. The van der Waals surface area contributed by atoms with E-state index in [2.05, 4.69) is 4.98 Å². The zero-order chi connectivity index (χ0) is 11.4. The van der Waals surface area contributed by atoms with Gasteiger partial charge in [0.05, 0.1) is 11.5 Å². The van der Waals surface area contributed by atoms with Crippen molar-refractivity contribution in [2.75, 3.05) is 6.61 Å². The molecule has 15 heavy (non-hydrogen) atoms. The lowest BCUT2D eigenvalue weighted by atomic mass is 10.3. The van der Waals surface area contributed by atoms with E-state index in [4.69, 9.17) is 9.84 Å². The molecule has 0 bridgehead atoms. The topological polar surface area (TPSA) is 103 Å². The van der Waals surface area contributed by atoms with E-state index in [9.17, 15) is 14.9 Å². The first-order valence-electron chi connectivity index (χ1n) is 4.07. The normalized spacial score (nSPS) is 9.67. The number of aromatic nitrogens is 1. The van der Waals surface area contributed by atoms with Crippen molar-refractivity contribution >= 4 is 11.7 Å². The highest BCUT2D eigenvalue weighted by atomic mass is 16.6. The van der Waals surface area contributed by atoms with Crippen LogP contribution in [0.15, 0.2) is 12.1 Å². The summed E-state index contributed by atoms with van der Waals surface area (Å²) in [5, 5.41) is 19.1. The summed E-state index contributed by atoms with van der Waals surface area (Å²) in [5.74, 6) is -1.53. The van der Waals surface area contributed by atoms with Crippen molar-refractivity contribution in [2.24, 2.45) is 0 Å². The van der Waals surface area contributed by atoms with E-state index in [1.165, 1.54) is 0 Å². The van der Waals surface area contributed by atoms with Crippen LogP contribution in [-0.4, -0.2) is 27.6 Å². The Morgan fingerprint density at radius 2 is 2.33 bits per heavy atom. The quantitative estimate of drug-likeness (QED) is 0.591. The van der Waals surface area contributed by atoms with Crippen LogP contribution < -0.4 is 4.74 Å². The second-order valence-electron chi connectivity index (χ2n) is 2.52. The van der Waals surface area contributed by atoms with Gasteiger partial charge >= 0.3 is 11.7 Å². The van der Waals surface area contributed by atoms with E-state index < -0.39 is 10.9 Å². The molecule has 0 saturated heterocycles. The van der Waals surface area contributed by atoms with E-state index in [0.29, 0.717) is 0 Å². The van der Waals surface area contributed by atoms with Crippen LogP contribution in [0.5, 0.6) is 5.88 Å². The lowest BCUT2D eigenvalue weighted by molar-refractivity contribution is -0.386. The summed E-state index contributed by atoms with van der Waals surface area (Å²) in [7, 11) is 0. The summed E-state index contributed by atoms with van der Waals surface area (Å²) >= 11 is 0. The second kappa shape index (κ2) is 4.36. The number of carboxylic acid groups (broad SMARTS) is 1. The number of carbonyl (C=O) groups is 1. The van der Waals surface area contributed by atoms with Crippen LogP contribution in [0.1, 0.15) is 17.4 Å². The van der Waals surface area contributed by atoms with Gasteiger partial charge in [0.25, 0.3) is 5.88 Å². The molecule has 7 heteroatoms. The van der Waals surface area contributed by atoms with E-state index in [1.54, 1.807) is 6.92 Å². The van der Waals surface area contributed by atoms with Gasteiger partial charge in [-0.3, -0.25) is 10.1 Å². The van der Waals surface area contributed by atoms with Crippen LogP contribution in [0, 0.1) is 10.1 Å². The Bertz CT molecular complexity index is 404. The fourth-order valence-corrected chi connectivity index (χ4v) is 0.934. The summed E-state index contributed by atoms with van der Waals surface area (Å²) in [6, 6.07) is 2.12. The fourth-order valence-electron chi connectivity index (χ4n) is 0.934. The number of ether oxygens (including phenoxy) is 1. The Hall–Kier alpha value is -2.18. The molecule has 0 aliphatic heterocycles. The predicted molar refractivity (Wildman–Crippen MR) is 49.0 cm³/mol. The number of nitrogens with zero attached hydrogens (tertiary/aromatic N) is 2. The maximum atomic E-state index is 10.6. The number of pyridine rings is 1. The van der Waals surface area contributed by atoms with Gasteiger partial charge in [0, 0.05) is 6.07 Å². The minimum absolute atomic E-state index is 0.177. The Balaban J connectivity index is 3.20. The average Bonchev–Trinajstić information content (AvgIpc) is 2.17. The molecule has 0 fully saturated rings. The fraction of sp³-hybridized carbons (Fsp3) is 0.250. The number of aromatic carboxylic acids is 1. The standard InChI is InChI=1S/C8H8N2O5/c1-2-15-7-6(10(13)14)4-3-5(9-7)8(11)12/h3-4H,2H2,1H3,(H,11,12). The highest BCUT2D eigenvalue weighted by Crippen LogP contribution is 2.24. The smallest absolute Gasteiger partial charge is 0.354 e. The average molecular weight is 212 g/mol. The molecule has 0 radical (unpaired) electrons. The number of nitro groups is 1. The monoisotopic (exact) mass is 212 g/mol. The molecule has 0 atom stereocenters. The van der Waals surface area contributed by atoms with Crippen molar-refractivity contribution in [3.05, 3.63) is 27.9 Å². The van der Waals surface area contributed by atoms with E-state index in [0.717, 1.165) is 12.1 Å². The molecule has 80 valence electrons. The third-order valence-corrected chi connectivity index (χ3v) is 1.54. The highest BCUT2D eigenvalue weighted by Gasteiger charge is 2.19. The molecule has 1 aromatic rings. The third kappa shape index (κ3) is 2.39. The maximum Gasteiger partial charge on any atom is 0.354 e. The second-order valence-corrected chi connectivity index (χ2v) is 2.52. The molecule has 0 saturated carbocycles. The molecular weight excluding hydrogens is 204 g/mol. The summed E-state index contributed by atoms with van der Waals surface area (Å²) in [5.41, 5.74) is -0.633. The molecule has 7 nitrogen and oxygen atoms in total. The largest absolute Gasteiger partial charge is 0.477 e. The van der Waals surface area contributed by atoms with Crippen molar-refractivity contribution in [3.8, 4) is 5.88 Å². The van der Waals surface area contributed by atoms with Gasteiger partial charge < -0.3 is 9.84 Å². The number of hydrogen-bond donors (Lipinski definition) is 1. The molecule has 0 spiro atoms. The molecule has 0 amide bonds. The minimum Gasteiger partial charge on any atom is -0.477 e. The molecule has 1 rings (SSSR count). The zero-order valence-corrected chi connectivity index (χ0v) is 7.84. The molecule has 0 aliphatic carbocycles. The van der Waals surface area contributed by atoms with Crippen molar-refractivity contribution in [2.45, 2.75) is 6.92 Å². The van der Waals surface area contributed by atoms with Gasteiger partial charge in [-0.2, -0.15) is 0 Å². The zero-order valence-electron chi connectivity index (χ0n) is 7.84. The molecule has 1 N–H and O–H groups in total. The third-order valence-electron chi connectivity index (χ3n) is 1.54. The summed E-state index contributed by atoms with van der Waals surface area (Å²) in [6.45, 7) is 1.80. The van der Waals surface area contributed by atoms with E-state index in [1.807, 2.05) is 0 Å². The first-order chi connectivity index (χ1) is 7.06. The molecule has 1 aromatic heterocycles. The van der Waals surface area contributed by atoms with Gasteiger partial charge in [0.1, 0.15) is 0 Å². The van der Waals surface area contributed by atoms with Gasteiger partial charge in [0.2, 0.25) is 0 Å². The number of hydrogen-bond acceptors (Lipinski definition) is 5. The van der Waals surface area contributed by atoms with Crippen LogP contribution in [-0.2, 0) is 0 Å². The molecule has 1 heterocycles. The first kappa shape index (κ1) is 10.9. The van der Waals surface area contributed by atoms with Crippen molar-refractivity contribution < 1.29 is 19.6 Å². The predicted octanol–water partition coefficient (Wildman–Crippen LogP) is 1.09. The maximum absolute atomic E-state index is 10.6. The highest BCUT2D eigenvalue weighted by molar-refractivity contribution is 5.85. The van der Waals surface area contributed by atoms with Gasteiger partial charge in [-0.1, -0.05) is 0 Å². The lowest BCUT2D eigenvalue weighted by Crippen LogP contribution is -2.05. The molecular formula is C8H8N2O5. The minimum atomic E-state index is -1.26. The Labute approximate surface area is 84.5 Å². The Morgan fingerprint density at radius 3 is 2.80 bits per heavy atom.